The predicted molar refractivity (Wildman–Crippen MR) is 99.6 cm³/mol. The second-order valence-electron chi connectivity index (χ2n) is 6.86. The lowest BCUT2D eigenvalue weighted by atomic mass is 9.64. The summed E-state index contributed by atoms with van der Waals surface area (Å²) in [7, 11) is 0. The molecule has 3 N–H and O–H groups in total. The van der Waals surface area contributed by atoms with Crippen molar-refractivity contribution >= 4 is 23.3 Å². The molecule has 1 fully saturated rings. The Morgan fingerprint density at radius 2 is 1.96 bits per heavy atom. The number of rotatable bonds is 4. The van der Waals surface area contributed by atoms with Crippen LogP contribution in [0.4, 0.5) is 16.2 Å². The van der Waals surface area contributed by atoms with E-state index in [0.29, 0.717) is 23.7 Å². The summed E-state index contributed by atoms with van der Waals surface area (Å²) >= 11 is 0. The van der Waals surface area contributed by atoms with Crippen LogP contribution in [0.1, 0.15) is 24.8 Å². The average Bonchev–Trinajstić information content (AvgIpc) is 2.62. The molecule has 2 aromatic carbocycles. The van der Waals surface area contributed by atoms with E-state index in [9.17, 15) is 9.59 Å². The van der Waals surface area contributed by atoms with Gasteiger partial charge < -0.3 is 20.7 Å². The summed E-state index contributed by atoms with van der Waals surface area (Å²) in [5, 5.41) is 8.56. The van der Waals surface area contributed by atoms with Gasteiger partial charge in [-0.05, 0) is 30.5 Å². The van der Waals surface area contributed by atoms with Crippen LogP contribution in [0.25, 0.3) is 0 Å². The van der Waals surface area contributed by atoms with Gasteiger partial charge in [0.1, 0.15) is 5.75 Å². The Labute approximate surface area is 151 Å². The fraction of sp³-hybridized carbons (Fsp3) is 0.300. The van der Waals surface area contributed by atoms with Crippen LogP contribution in [0.15, 0.2) is 48.5 Å². The van der Waals surface area contributed by atoms with Crippen molar-refractivity contribution in [3.63, 3.8) is 0 Å². The monoisotopic (exact) mass is 351 g/mol. The lowest BCUT2D eigenvalue weighted by Gasteiger charge is -2.42. The molecule has 6 heteroatoms. The summed E-state index contributed by atoms with van der Waals surface area (Å²) in [4.78, 5) is 23.6. The van der Waals surface area contributed by atoms with E-state index in [-0.39, 0.29) is 24.0 Å². The first kappa shape index (κ1) is 16.4. The van der Waals surface area contributed by atoms with Crippen molar-refractivity contribution in [2.24, 2.45) is 0 Å². The van der Waals surface area contributed by atoms with E-state index in [1.807, 2.05) is 18.2 Å². The number of carbonyl (C=O) groups is 2. The number of carbonyl (C=O) groups excluding carboxylic acids is 2. The topological polar surface area (TPSA) is 79.5 Å². The predicted octanol–water partition coefficient (Wildman–Crippen LogP) is 3.26. The van der Waals surface area contributed by atoms with Crippen LogP contribution in [0.3, 0.4) is 0 Å². The van der Waals surface area contributed by atoms with Crippen LogP contribution in [-0.4, -0.2) is 25.1 Å². The first-order chi connectivity index (χ1) is 12.6. The first-order valence-corrected chi connectivity index (χ1v) is 8.82. The molecule has 134 valence electrons. The van der Waals surface area contributed by atoms with Gasteiger partial charge in [-0.3, -0.25) is 4.79 Å². The lowest BCUT2D eigenvalue weighted by Crippen LogP contribution is -2.46. The van der Waals surface area contributed by atoms with Crippen LogP contribution in [0.5, 0.6) is 5.75 Å². The van der Waals surface area contributed by atoms with Crippen molar-refractivity contribution < 1.29 is 14.3 Å². The van der Waals surface area contributed by atoms with Gasteiger partial charge in [-0.1, -0.05) is 36.8 Å². The number of hydrogen-bond acceptors (Lipinski definition) is 3. The third-order valence-electron chi connectivity index (χ3n) is 5.16. The summed E-state index contributed by atoms with van der Waals surface area (Å²) < 4.78 is 5.37. The molecule has 0 spiro atoms. The molecule has 26 heavy (non-hydrogen) atoms. The third-order valence-corrected chi connectivity index (χ3v) is 5.16. The fourth-order valence-electron chi connectivity index (χ4n) is 3.54. The van der Waals surface area contributed by atoms with Gasteiger partial charge in [0.25, 0.3) is 5.91 Å². The van der Waals surface area contributed by atoms with Crippen LogP contribution < -0.4 is 20.7 Å². The van der Waals surface area contributed by atoms with Gasteiger partial charge in [0, 0.05) is 23.7 Å². The molecule has 1 heterocycles. The molecule has 2 aliphatic rings. The summed E-state index contributed by atoms with van der Waals surface area (Å²) in [5.74, 6) is 0.379. The van der Waals surface area contributed by atoms with Crippen molar-refractivity contribution in [1.82, 2.24) is 5.32 Å². The van der Waals surface area contributed by atoms with E-state index < -0.39 is 0 Å². The largest absolute Gasteiger partial charge is 0.482 e. The molecule has 4 rings (SSSR count). The maximum absolute atomic E-state index is 12.3. The van der Waals surface area contributed by atoms with Crippen LogP contribution in [0.2, 0.25) is 0 Å². The van der Waals surface area contributed by atoms with E-state index in [1.54, 1.807) is 18.2 Å². The molecule has 6 nitrogen and oxygen atoms in total. The highest BCUT2D eigenvalue weighted by atomic mass is 16.5. The van der Waals surface area contributed by atoms with E-state index in [0.717, 1.165) is 12.8 Å². The standard InChI is InChI=1S/C20H21N3O3/c24-18-12-26-17-11-15(7-8-16(17)23-18)22-19(25)21-13-20(9-4-10-20)14-5-2-1-3-6-14/h1-3,5-8,11H,4,9-10,12-13H2,(H,23,24)(H2,21,22,25). The quantitative estimate of drug-likeness (QED) is 0.791. The van der Waals surface area contributed by atoms with Crippen molar-refractivity contribution in [2.45, 2.75) is 24.7 Å². The molecular formula is C20H21N3O3. The fourth-order valence-corrected chi connectivity index (χ4v) is 3.54. The number of urea groups is 1. The Kier molecular flexibility index (Phi) is 4.24. The second kappa shape index (κ2) is 6.71. The number of amides is 3. The van der Waals surface area contributed by atoms with Crippen molar-refractivity contribution in [3.8, 4) is 5.75 Å². The minimum absolute atomic E-state index is 0.0117. The van der Waals surface area contributed by atoms with Gasteiger partial charge >= 0.3 is 6.03 Å². The molecule has 1 saturated carbocycles. The smallest absolute Gasteiger partial charge is 0.319 e. The second-order valence-corrected chi connectivity index (χ2v) is 6.86. The van der Waals surface area contributed by atoms with E-state index >= 15 is 0 Å². The summed E-state index contributed by atoms with van der Waals surface area (Å²) in [5.41, 5.74) is 2.57. The molecule has 0 radical (unpaired) electrons. The van der Waals surface area contributed by atoms with Gasteiger partial charge in [0.2, 0.25) is 0 Å². The van der Waals surface area contributed by atoms with E-state index in [4.69, 9.17) is 4.74 Å². The van der Waals surface area contributed by atoms with Gasteiger partial charge in [-0.2, -0.15) is 0 Å². The zero-order valence-electron chi connectivity index (χ0n) is 14.4. The number of hydrogen-bond donors (Lipinski definition) is 3. The molecule has 1 aliphatic heterocycles. The number of benzene rings is 2. The van der Waals surface area contributed by atoms with Crippen LogP contribution in [-0.2, 0) is 10.2 Å². The van der Waals surface area contributed by atoms with Crippen LogP contribution in [0, 0.1) is 0 Å². The number of nitrogens with one attached hydrogen (secondary N) is 3. The van der Waals surface area contributed by atoms with Gasteiger partial charge in [0.15, 0.2) is 6.61 Å². The highest BCUT2D eigenvalue weighted by molar-refractivity contribution is 5.96. The Hall–Kier alpha value is -3.02. The first-order valence-electron chi connectivity index (χ1n) is 8.82. The maximum Gasteiger partial charge on any atom is 0.319 e. The Bertz CT molecular complexity index is 831. The third kappa shape index (κ3) is 3.22. The molecular weight excluding hydrogens is 330 g/mol. The summed E-state index contributed by atoms with van der Waals surface area (Å²) in [6, 6.07) is 15.3. The number of ether oxygens (including phenoxy) is 1. The lowest BCUT2D eigenvalue weighted by molar-refractivity contribution is -0.118. The highest BCUT2D eigenvalue weighted by Crippen LogP contribution is 2.43. The SMILES string of the molecule is O=C1COc2cc(NC(=O)NCC3(c4ccccc4)CCC3)ccc2N1. The molecule has 0 bridgehead atoms. The van der Waals surface area contributed by atoms with Crippen molar-refractivity contribution in [2.75, 3.05) is 23.8 Å². The van der Waals surface area contributed by atoms with Crippen LogP contribution >= 0.6 is 0 Å². The Balaban J connectivity index is 1.38. The van der Waals surface area contributed by atoms with E-state index in [2.05, 4.69) is 28.1 Å². The molecule has 1 aliphatic carbocycles. The summed E-state index contributed by atoms with van der Waals surface area (Å²) in [6.07, 6.45) is 3.36. The van der Waals surface area contributed by atoms with Crippen molar-refractivity contribution in [1.29, 1.82) is 0 Å². The maximum atomic E-state index is 12.3. The molecule has 0 saturated heterocycles. The Morgan fingerprint density at radius 3 is 2.69 bits per heavy atom. The zero-order valence-corrected chi connectivity index (χ0v) is 14.4. The van der Waals surface area contributed by atoms with Crippen molar-refractivity contribution in [3.05, 3.63) is 54.1 Å². The summed E-state index contributed by atoms with van der Waals surface area (Å²) in [6.45, 7) is 0.600. The van der Waals surface area contributed by atoms with Gasteiger partial charge in [-0.25, -0.2) is 4.79 Å². The molecule has 0 unspecified atom stereocenters. The van der Waals surface area contributed by atoms with E-state index in [1.165, 1.54) is 12.0 Å². The number of fused-ring (bicyclic) bond motifs is 1. The van der Waals surface area contributed by atoms with Gasteiger partial charge in [0.05, 0.1) is 5.69 Å². The minimum Gasteiger partial charge on any atom is -0.482 e. The number of anilines is 2. The molecule has 0 atom stereocenters. The highest BCUT2D eigenvalue weighted by Gasteiger charge is 2.38. The zero-order chi connectivity index (χ0) is 18.0. The van der Waals surface area contributed by atoms with Gasteiger partial charge in [-0.15, -0.1) is 0 Å². The molecule has 3 amide bonds. The average molecular weight is 351 g/mol. The molecule has 2 aromatic rings. The minimum atomic E-state index is -0.244. The normalized spacial score (nSPS) is 17.2. The molecule has 0 aromatic heterocycles. The Morgan fingerprint density at radius 1 is 1.15 bits per heavy atom.